The summed E-state index contributed by atoms with van der Waals surface area (Å²) in [4.78, 5) is 11.8. The summed E-state index contributed by atoms with van der Waals surface area (Å²) in [5.74, 6) is 0.359. The van der Waals surface area contributed by atoms with E-state index in [0.717, 1.165) is 11.1 Å². The van der Waals surface area contributed by atoms with Gasteiger partial charge in [-0.05, 0) is 24.6 Å². The fourth-order valence-electron chi connectivity index (χ4n) is 2.01. The molecule has 2 heteroatoms. The molecule has 0 N–H and O–H groups in total. The molecule has 0 saturated carbocycles. The lowest BCUT2D eigenvalue weighted by atomic mass is 10.0. The number of fused-ring (bicyclic) bond motifs is 1. The topological polar surface area (TPSA) is 26.3 Å². The van der Waals surface area contributed by atoms with E-state index in [-0.39, 0.29) is 5.97 Å². The molecule has 3 rings (SSSR count). The third kappa shape index (κ3) is 1.82. The average molecular weight is 236 g/mol. The van der Waals surface area contributed by atoms with Crippen molar-refractivity contribution in [1.29, 1.82) is 0 Å². The number of carbonyl (C=O) groups is 1. The molecule has 1 aliphatic heterocycles. The standard InChI is InChI=1S/C16H12O2/c1-11-6-8-12(9-7-11)10-14-13-4-2-3-5-15(13)18-16(14)17/h2-10H,1H3/b14-10-. The Bertz CT molecular complexity index is 636. The molecule has 0 bridgehead atoms. The van der Waals surface area contributed by atoms with Crippen LogP contribution in [0.1, 0.15) is 16.7 Å². The molecule has 1 heterocycles. The summed E-state index contributed by atoms with van der Waals surface area (Å²) in [7, 11) is 0. The minimum atomic E-state index is -0.281. The van der Waals surface area contributed by atoms with Crippen LogP contribution in [0.3, 0.4) is 0 Å². The summed E-state index contributed by atoms with van der Waals surface area (Å²) in [5.41, 5.74) is 3.69. The highest BCUT2D eigenvalue weighted by atomic mass is 16.5. The number of esters is 1. The van der Waals surface area contributed by atoms with Crippen LogP contribution in [-0.2, 0) is 4.79 Å². The van der Waals surface area contributed by atoms with Gasteiger partial charge in [0.2, 0.25) is 0 Å². The molecule has 0 atom stereocenters. The number of para-hydroxylation sites is 1. The average Bonchev–Trinajstić information content (AvgIpc) is 2.69. The maximum atomic E-state index is 11.8. The monoisotopic (exact) mass is 236 g/mol. The van der Waals surface area contributed by atoms with Crippen molar-refractivity contribution in [2.45, 2.75) is 6.92 Å². The molecule has 2 aromatic carbocycles. The summed E-state index contributed by atoms with van der Waals surface area (Å²) in [5, 5.41) is 0. The summed E-state index contributed by atoms with van der Waals surface area (Å²) in [6.45, 7) is 2.04. The second-order valence-corrected chi connectivity index (χ2v) is 4.35. The summed E-state index contributed by atoms with van der Waals surface area (Å²) >= 11 is 0. The third-order valence-electron chi connectivity index (χ3n) is 2.99. The fraction of sp³-hybridized carbons (Fsp3) is 0.0625. The molecule has 88 valence electrons. The molecule has 0 radical (unpaired) electrons. The molecule has 2 nitrogen and oxygen atoms in total. The molecule has 0 unspecified atom stereocenters. The zero-order valence-corrected chi connectivity index (χ0v) is 10.0. The maximum Gasteiger partial charge on any atom is 0.344 e. The minimum Gasteiger partial charge on any atom is -0.422 e. The normalized spacial score (nSPS) is 15.6. The summed E-state index contributed by atoms with van der Waals surface area (Å²) in [6, 6.07) is 15.5. The van der Waals surface area contributed by atoms with Crippen LogP contribution in [0, 0.1) is 6.92 Å². The van der Waals surface area contributed by atoms with E-state index < -0.39 is 0 Å². The lowest BCUT2D eigenvalue weighted by Gasteiger charge is -1.97. The molecule has 18 heavy (non-hydrogen) atoms. The second-order valence-electron chi connectivity index (χ2n) is 4.35. The van der Waals surface area contributed by atoms with Crippen LogP contribution in [0.25, 0.3) is 11.6 Å². The number of hydrogen-bond donors (Lipinski definition) is 0. The number of aryl methyl sites for hydroxylation is 1. The molecule has 0 aliphatic carbocycles. The van der Waals surface area contributed by atoms with Gasteiger partial charge in [-0.1, -0.05) is 48.0 Å². The van der Waals surface area contributed by atoms with Crippen LogP contribution >= 0.6 is 0 Å². The number of hydrogen-bond acceptors (Lipinski definition) is 2. The van der Waals surface area contributed by atoms with E-state index in [1.165, 1.54) is 5.56 Å². The highest BCUT2D eigenvalue weighted by molar-refractivity contribution is 6.25. The van der Waals surface area contributed by atoms with E-state index in [9.17, 15) is 4.79 Å². The van der Waals surface area contributed by atoms with Crippen molar-refractivity contribution in [2.24, 2.45) is 0 Å². The lowest BCUT2D eigenvalue weighted by Crippen LogP contribution is -2.00. The van der Waals surface area contributed by atoms with E-state index in [0.29, 0.717) is 11.3 Å². The Balaban J connectivity index is 2.07. The molecule has 2 aromatic rings. The first-order valence-corrected chi connectivity index (χ1v) is 5.84. The summed E-state index contributed by atoms with van der Waals surface area (Å²) in [6.07, 6.45) is 1.87. The Morgan fingerprint density at radius 2 is 1.72 bits per heavy atom. The quantitative estimate of drug-likeness (QED) is 0.430. The zero-order chi connectivity index (χ0) is 12.5. The predicted molar refractivity (Wildman–Crippen MR) is 71.1 cm³/mol. The molecule has 0 saturated heterocycles. The van der Waals surface area contributed by atoms with Gasteiger partial charge in [0.1, 0.15) is 5.75 Å². The van der Waals surface area contributed by atoms with Gasteiger partial charge in [0.25, 0.3) is 0 Å². The van der Waals surface area contributed by atoms with Crippen LogP contribution in [0.4, 0.5) is 0 Å². The van der Waals surface area contributed by atoms with E-state index in [1.807, 2.05) is 61.5 Å². The van der Waals surface area contributed by atoms with Gasteiger partial charge in [-0.2, -0.15) is 0 Å². The van der Waals surface area contributed by atoms with Crippen molar-refractivity contribution in [2.75, 3.05) is 0 Å². The predicted octanol–water partition coefficient (Wildman–Crippen LogP) is 3.45. The van der Waals surface area contributed by atoms with Crippen LogP contribution < -0.4 is 4.74 Å². The van der Waals surface area contributed by atoms with Gasteiger partial charge in [0.05, 0.1) is 5.57 Å². The minimum absolute atomic E-state index is 0.281. The van der Waals surface area contributed by atoms with Crippen molar-refractivity contribution < 1.29 is 9.53 Å². The molecular formula is C16H12O2. The van der Waals surface area contributed by atoms with Crippen molar-refractivity contribution in [3.05, 3.63) is 65.2 Å². The molecule has 0 spiro atoms. The van der Waals surface area contributed by atoms with E-state index in [2.05, 4.69) is 0 Å². The highest BCUT2D eigenvalue weighted by Crippen LogP contribution is 2.34. The van der Waals surface area contributed by atoms with Crippen LogP contribution in [0.5, 0.6) is 5.75 Å². The van der Waals surface area contributed by atoms with E-state index >= 15 is 0 Å². The van der Waals surface area contributed by atoms with Gasteiger partial charge < -0.3 is 4.74 Å². The first-order valence-electron chi connectivity index (χ1n) is 5.84. The molecular weight excluding hydrogens is 224 g/mol. The molecule has 0 amide bonds. The van der Waals surface area contributed by atoms with Gasteiger partial charge in [0, 0.05) is 5.56 Å². The van der Waals surface area contributed by atoms with Gasteiger partial charge in [-0.3, -0.25) is 0 Å². The fourth-order valence-corrected chi connectivity index (χ4v) is 2.01. The molecule has 1 aliphatic rings. The second kappa shape index (κ2) is 4.15. The van der Waals surface area contributed by atoms with Crippen LogP contribution in [-0.4, -0.2) is 5.97 Å². The van der Waals surface area contributed by atoms with Crippen LogP contribution in [0.2, 0.25) is 0 Å². The summed E-state index contributed by atoms with van der Waals surface area (Å²) < 4.78 is 5.21. The number of ether oxygens (including phenoxy) is 1. The largest absolute Gasteiger partial charge is 0.422 e. The van der Waals surface area contributed by atoms with Crippen molar-refractivity contribution >= 4 is 17.6 Å². The zero-order valence-electron chi connectivity index (χ0n) is 10.0. The van der Waals surface area contributed by atoms with Crippen molar-refractivity contribution in [3.8, 4) is 5.75 Å². The Morgan fingerprint density at radius 3 is 2.50 bits per heavy atom. The van der Waals surface area contributed by atoms with Gasteiger partial charge in [-0.25, -0.2) is 4.79 Å². The number of carbonyl (C=O) groups excluding carboxylic acids is 1. The number of rotatable bonds is 1. The first-order chi connectivity index (χ1) is 8.74. The smallest absolute Gasteiger partial charge is 0.344 e. The Hall–Kier alpha value is -2.35. The SMILES string of the molecule is Cc1ccc(/C=C2\C(=O)Oc3ccccc32)cc1. The third-order valence-corrected chi connectivity index (χ3v) is 2.99. The van der Waals surface area contributed by atoms with Gasteiger partial charge >= 0.3 is 5.97 Å². The molecule has 0 fully saturated rings. The van der Waals surface area contributed by atoms with Gasteiger partial charge in [-0.15, -0.1) is 0 Å². The van der Waals surface area contributed by atoms with E-state index in [4.69, 9.17) is 4.74 Å². The van der Waals surface area contributed by atoms with Crippen LogP contribution in [0.15, 0.2) is 48.5 Å². The van der Waals surface area contributed by atoms with Crippen molar-refractivity contribution in [3.63, 3.8) is 0 Å². The Labute approximate surface area is 106 Å². The number of benzene rings is 2. The van der Waals surface area contributed by atoms with Gasteiger partial charge in [0.15, 0.2) is 0 Å². The maximum absolute atomic E-state index is 11.8. The van der Waals surface area contributed by atoms with E-state index in [1.54, 1.807) is 0 Å². The first kappa shape index (κ1) is 10.8. The van der Waals surface area contributed by atoms with Crippen molar-refractivity contribution in [1.82, 2.24) is 0 Å². The highest BCUT2D eigenvalue weighted by Gasteiger charge is 2.25. The lowest BCUT2D eigenvalue weighted by molar-refractivity contribution is -0.126. The Morgan fingerprint density at radius 1 is 1.00 bits per heavy atom. The Kier molecular flexibility index (Phi) is 2.49. The molecule has 0 aromatic heterocycles.